The van der Waals surface area contributed by atoms with Gasteiger partial charge >= 0.3 is 5.97 Å². The van der Waals surface area contributed by atoms with Crippen LogP contribution in [0.1, 0.15) is 21.5 Å². The van der Waals surface area contributed by atoms with Crippen molar-refractivity contribution in [3.05, 3.63) is 89.5 Å². The summed E-state index contributed by atoms with van der Waals surface area (Å²) in [5.41, 5.74) is 7.27. The van der Waals surface area contributed by atoms with Gasteiger partial charge in [-0.3, -0.25) is 18.7 Å². The minimum absolute atomic E-state index is 0.0551. The predicted molar refractivity (Wildman–Crippen MR) is 130 cm³/mol. The van der Waals surface area contributed by atoms with E-state index in [4.69, 9.17) is 15.9 Å². The molecule has 35 heavy (non-hydrogen) atoms. The van der Waals surface area contributed by atoms with E-state index in [1.54, 1.807) is 48.5 Å². The van der Waals surface area contributed by atoms with Gasteiger partial charge in [-0.2, -0.15) is 0 Å². The molecule has 0 aliphatic carbocycles. The van der Waals surface area contributed by atoms with Gasteiger partial charge in [0, 0.05) is 28.1 Å². The number of carbonyl (C=O) groups is 2. The summed E-state index contributed by atoms with van der Waals surface area (Å²) in [5.74, 6) is -1.07. The Bertz CT molecular complexity index is 1230. The Kier molecular flexibility index (Phi) is 8.18. The second-order valence-corrected chi connectivity index (χ2v) is 8.33. The van der Waals surface area contributed by atoms with Crippen molar-refractivity contribution in [2.24, 2.45) is 5.73 Å². The highest BCUT2D eigenvalue weighted by molar-refractivity contribution is 7.80. The molecule has 10 nitrogen and oxygen atoms in total. The van der Waals surface area contributed by atoms with Crippen molar-refractivity contribution in [1.29, 1.82) is 5.41 Å². The van der Waals surface area contributed by atoms with Crippen LogP contribution in [-0.2, 0) is 16.1 Å². The Morgan fingerprint density at radius 1 is 1.03 bits per heavy atom. The molecule has 0 bridgehead atoms. The van der Waals surface area contributed by atoms with Crippen LogP contribution >= 0.6 is 0 Å². The second kappa shape index (κ2) is 11.3. The number of nitrogens with zero attached hydrogens (tertiary/aromatic N) is 1. The Morgan fingerprint density at radius 2 is 1.54 bits per heavy atom. The average molecular weight is 496 g/mol. The largest absolute Gasteiger partial charge is 0.755 e. The van der Waals surface area contributed by atoms with E-state index in [9.17, 15) is 23.5 Å². The number of aliphatic carboxylic acids is 1. The molecule has 0 heterocycles. The minimum Gasteiger partial charge on any atom is -0.755 e. The first-order valence-electron chi connectivity index (χ1n) is 10.3. The fourth-order valence-corrected chi connectivity index (χ4v) is 3.80. The number of nitrogens with two attached hydrogens (primary N) is 1. The first-order chi connectivity index (χ1) is 16.7. The standard InChI is InChI=1S/C24H24N4O6S/c1-15-2-8-18(9-3-15)28(35(32)33)21(24(30)31)14-27-23(29)17-6-12-20(13-7-17)34-19-10-4-16(5-11-19)22(25)26/h2-13,21H,14H2,1H3,(H3,25,26)(H,27,29)(H,30,31)(H,32,33)/p-1. The first kappa shape index (κ1) is 25.4. The molecule has 11 heteroatoms. The summed E-state index contributed by atoms with van der Waals surface area (Å²) in [6.07, 6.45) is 0. The number of rotatable bonds is 10. The summed E-state index contributed by atoms with van der Waals surface area (Å²) in [6.45, 7) is 1.37. The first-order valence-corrected chi connectivity index (χ1v) is 11.4. The van der Waals surface area contributed by atoms with Gasteiger partial charge in [0.1, 0.15) is 17.3 Å². The quantitative estimate of drug-likeness (QED) is 0.190. The van der Waals surface area contributed by atoms with Crippen LogP contribution in [0.15, 0.2) is 72.8 Å². The van der Waals surface area contributed by atoms with Crippen molar-refractivity contribution in [3.8, 4) is 11.5 Å². The third kappa shape index (κ3) is 6.65. The summed E-state index contributed by atoms with van der Waals surface area (Å²) >= 11 is -2.88. The minimum atomic E-state index is -2.88. The SMILES string of the molecule is Cc1ccc(N(C(CNC(=O)c2ccc(Oc3ccc(C(=N)N)cc3)cc2)C(=O)O)S(=O)[O-])cc1. The number of amidine groups is 1. The van der Waals surface area contributed by atoms with Gasteiger partial charge < -0.3 is 25.4 Å². The Labute approximate surface area is 204 Å². The molecule has 2 unspecified atom stereocenters. The van der Waals surface area contributed by atoms with Crippen LogP contribution in [-0.4, -0.2) is 44.2 Å². The molecule has 3 rings (SSSR count). The van der Waals surface area contributed by atoms with Crippen molar-refractivity contribution in [3.63, 3.8) is 0 Å². The number of benzene rings is 3. The number of nitrogens with one attached hydrogen (secondary N) is 2. The number of nitrogen functional groups attached to an aromatic ring is 1. The number of ether oxygens (including phenoxy) is 1. The van der Waals surface area contributed by atoms with E-state index >= 15 is 0 Å². The molecule has 0 saturated heterocycles. The normalized spacial score (nSPS) is 12.3. The zero-order chi connectivity index (χ0) is 25.5. The summed E-state index contributed by atoms with van der Waals surface area (Å²) in [5, 5.41) is 19.5. The molecule has 0 saturated carbocycles. The maximum Gasteiger partial charge on any atom is 0.329 e. The second-order valence-electron chi connectivity index (χ2n) is 7.51. The summed E-state index contributed by atoms with van der Waals surface area (Å²) in [6, 6.07) is 17.5. The van der Waals surface area contributed by atoms with Gasteiger partial charge in [0.2, 0.25) is 0 Å². The lowest BCUT2D eigenvalue weighted by molar-refractivity contribution is -0.138. The number of hydrogen-bond acceptors (Lipinski definition) is 6. The van der Waals surface area contributed by atoms with Crippen molar-refractivity contribution >= 4 is 34.7 Å². The molecule has 0 spiro atoms. The monoisotopic (exact) mass is 495 g/mol. The molecule has 2 atom stereocenters. The number of carbonyl (C=O) groups excluding carboxylic acids is 1. The number of amides is 1. The molecular formula is C24H23N4O6S-. The molecule has 182 valence electrons. The molecule has 1 amide bonds. The Hall–Kier alpha value is -4.22. The van der Waals surface area contributed by atoms with Crippen LogP contribution in [0.4, 0.5) is 5.69 Å². The lowest BCUT2D eigenvalue weighted by Crippen LogP contribution is -2.49. The molecule has 3 aromatic carbocycles. The maximum atomic E-state index is 12.6. The Morgan fingerprint density at radius 3 is 2.00 bits per heavy atom. The van der Waals surface area contributed by atoms with E-state index in [0.29, 0.717) is 21.4 Å². The number of anilines is 1. The van der Waals surface area contributed by atoms with Crippen LogP contribution < -0.4 is 20.1 Å². The molecule has 0 aromatic heterocycles. The molecule has 0 aliphatic rings. The molecule has 5 N–H and O–H groups in total. The fraction of sp³-hybridized carbons (Fsp3) is 0.125. The van der Waals surface area contributed by atoms with Gasteiger partial charge in [-0.1, -0.05) is 17.7 Å². The van der Waals surface area contributed by atoms with Gasteiger partial charge in [0.15, 0.2) is 6.04 Å². The van der Waals surface area contributed by atoms with E-state index < -0.39 is 35.7 Å². The van der Waals surface area contributed by atoms with Crippen LogP contribution in [0.5, 0.6) is 11.5 Å². The number of aryl methyl sites for hydroxylation is 1. The van der Waals surface area contributed by atoms with Crippen LogP contribution in [0.25, 0.3) is 0 Å². The molecular weight excluding hydrogens is 472 g/mol. The highest BCUT2D eigenvalue weighted by Crippen LogP contribution is 2.23. The van der Waals surface area contributed by atoms with Crippen molar-refractivity contribution in [2.75, 3.05) is 10.8 Å². The smallest absolute Gasteiger partial charge is 0.329 e. The van der Waals surface area contributed by atoms with Gasteiger partial charge in [0.25, 0.3) is 5.91 Å². The number of hydrogen-bond donors (Lipinski definition) is 4. The average Bonchev–Trinajstić information content (AvgIpc) is 2.82. The van der Waals surface area contributed by atoms with Crippen molar-refractivity contribution < 1.29 is 28.2 Å². The van der Waals surface area contributed by atoms with E-state index in [1.165, 1.54) is 24.3 Å². The third-order valence-corrected chi connectivity index (χ3v) is 5.78. The number of carboxylic acid groups (broad SMARTS) is 1. The molecule has 0 aliphatic heterocycles. The van der Waals surface area contributed by atoms with E-state index in [-0.39, 0.29) is 17.1 Å². The fourth-order valence-electron chi connectivity index (χ4n) is 3.14. The van der Waals surface area contributed by atoms with Crippen molar-refractivity contribution in [1.82, 2.24) is 5.32 Å². The summed E-state index contributed by atoms with van der Waals surface area (Å²) in [7, 11) is 0. The van der Waals surface area contributed by atoms with Gasteiger partial charge in [-0.15, -0.1) is 0 Å². The lowest BCUT2D eigenvalue weighted by Gasteiger charge is -2.32. The van der Waals surface area contributed by atoms with Crippen LogP contribution in [0.2, 0.25) is 0 Å². The predicted octanol–water partition coefficient (Wildman–Crippen LogP) is 2.56. The van der Waals surface area contributed by atoms with Gasteiger partial charge in [-0.05, 0) is 67.6 Å². The van der Waals surface area contributed by atoms with Gasteiger partial charge in [-0.25, -0.2) is 4.79 Å². The summed E-state index contributed by atoms with van der Waals surface area (Å²) < 4.78 is 30.0. The molecule has 3 aromatic rings. The van der Waals surface area contributed by atoms with Crippen LogP contribution in [0, 0.1) is 12.3 Å². The van der Waals surface area contributed by atoms with Crippen LogP contribution in [0.3, 0.4) is 0 Å². The van der Waals surface area contributed by atoms with E-state index in [0.717, 1.165) is 5.56 Å². The maximum absolute atomic E-state index is 12.6. The molecule has 0 radical (unpaired) electrons. The summed E-state index contributed by atoms with van der Waals surface area (Å²) in [4.78, 5) is 24.4. The Balaban J connectivity index is 1.66. The lowest BCUT2D eigenvalue weighted by atomic mass is 10.2. The highest BCUT2D eigenvalue weighted by Gasteiger charge is 2.28. The molecule has 0 fully saturated rings. The zero-order valence-electron chi connectivity index (χ0n) is 18.6. The zero-order valence-corrected chi connectivity index (χ0v) is 19.5. The number of carboxylic acids is 1. The van der Waals surface area contributed by atoms with E-state index in [2.05, 4.69) is 5.32 Å². The third-order valence-electron chi connectivity index (χ3n) is 4.99. The topological polar surface area (TPSA) is 169 Å². The van der Waals surface area contributed by atoms with E-state index in [1.807, 2.05) is 6.92 Å². The van der Waals surface area contributed by atoms with Gasteiger partial charge in [0.05, 0.1) is 6.54 Å². The van der Waals surface area contributed by atoms with Crippen molar-refractivity contribution in [2.45, 2.75) is 13.0 Å². The highest BCUT2D eigenvalue weighted by atomic mass is 32.2.